The van der Waals surface area contributed by atoms with Gasteiger partial charge in [-0.1, -0.05) is 37.1 Å². The number of benzene rings is 2. The van der Waals surface area contributed by atoms with E-state index < -0.39 is 28.4 Å². The fourth-order valence-electron chi connectivity index (χ4n) is 3.83. The van der Waals surface area contributed by atoms with Gasteiger partial charge in [-0.2, -0.15) is 0 Å². The maximum absolute atomic E-state index is 12.6. The highest BCUT2D eigenvalue weighted by molar-refractivity contribution is 7.90. The summed E-state index contributed by atoms with van der Waals surface area (Å²) in [6.07, 6.45) is 4.00. The van der Waals surface area contributed by atoms with Crippen LogP contribution in [-0.2, 0) is 14.8 Å². The fraction of sp³-hybridized carbons (Fsp3) is 0.286. The fourth-order valence-corrected chi connectivity index (χ4v) is 5.36. The molecule has 0 spiro atoms. The number of carbonyl (C=O) groups is 3. The summed E-state index contributed by atoms with van der Waals surface area (Å²) in [7, 11) is -4.08. The molecule has 1 fully saturated rings. The minimum Gasteiger partial charge on any atom is -0.349 e. The number of nitrogens with one attached hydrogen (secondary N) is 2. The van der Waals surface area contributed by atoms with Crippen LogP contribution in [0.25, 0.3) is 0 Å². The molecular formula is C21H21N3O5S. The Balaban J connectivity index is 1.49. The first kappa shape index (κ1) is 20.1. The zero-order valence-electron chi connectivity index (χ0n) is 16.1. The van der Waals surface area contributed by atoms with Crippen LogP contribution < -0.4 is 10.6 Å². The molecule has 0 unspecified atom stereocenters. The van der Waals surface area contributed by atoms with Gasteiger partial charge in [0.25, 0.3) is 21.8 Å². The Bertz CT molecular complexity index is 1120. The van der Waals surface area contributed by atoms with Gasteiger partial charge >= 0.3 is 0 Å². The molecule has 0 bridgehead atoms. The smallest absolute Gasteiger partial charge is 0.269 e. The normalized spacial score (nSPS) is 17.6. The number of carbonyl (C=O) groups excluding carboxylic acids is 3. The molecule has 0 radical (unpaired) electrons. The Labute approximate surface area is 174 Å². The molecule has 2 N–H and O–H groups in total. The molecule has 156 valence electrons. The van der Waals surface area contributed by atoms with E-state index in [1.54, 1.807) is 30.3 Å². The SMILES string of the molecule is O=C(CN1C(=O)c2ccccc2S1(=O)=O)Nc1ccccc1C(=O)NC1CCCC1. The minimum atomic E-state index is -4.08. The van der Waals surface area contributed by atoms with Gasteiger partial charge in [0, 0.05) is 6.04 Å². The molecule has 4 rings (SSSR count). The Kier molecular flexibility index (Phi) is 5.29. The first-order valence-electron chi connectivity index (χ1n) is 9.74. The molecule has 1 aliphatic carbocycles. The molecule has 0 saturated heterocycles. The summed E-state index contributed by atoms with van der Waals surface area (Å²) in [6, 6.07) is 12.5. The second-order valence-electron chi connectivity index (χ2n) is 7.36. The van der Waals surface area contributed by atoms with Gasteiger partial charge in [-0.3, -0.25) is 14.4 Å². The van der Waals surface area contributed by atoms with E-state index in [1.165, 1.54) is 18.2 Å². The van der Waals surface area contributed by atoms with Gasteiger partial charge in [0.2, 0.25) is 5.91 Å². The first-order valence-corrected chi connectivity index (χ1v) is 11.2. The van der Waals surface area contributed by atoms with Crippen LogP contribution in [0, 0.1) is 0 Å². The van der Waals surface area contributed by atoms with Gasteiger partial charge in [0.15, 0.2) is 0 Å². The summed E-state index contributed by atoms with van der Waals surface area (Å²) in [6.45, 7) is -0.672. The van der Waals surface area contributed by atoms with E-state index in [0.29, 0.717) is 4.31 Å². The largest absolute Gasteiger partial charge is 0.349 e. The van der Waals surface area contributed by atoms with Crippen molar-refractivity contribution in [2.75, 3.05) is 11.9 Å². The van der Waals surface area contributed by atoms with E-state index in [9.17, 15) is 22.8 Å². The van der Waals surface area contributed by atoms with Crippen LogP contribution in [0.2, 0.25) is 0 Å². The highest BCUT2D eigenvalue weighted by atomic mass is 32.2. The molecule has 0 aromatic heterocycles. The number of fused-ring (bicyclic) bond motifs is 1. The second-order valence-corrected chi connectivity index (χ2v) is 9.19. The van der Waals surface area contributed by atoms with Gasteiger partial charge in [-0.05, 0) is 37.1 Å². The van der Waals surface area contributed by atoms with E-state index in [4.69, 9.17) is 0 Å². The number of amides is 3. The van der Waals surface area contributed by atoms with Crippen molar-refractivity contribution in [3.63, 3.8) is 0 Å². The maximum atomic E-state index is 12.6. The van der Waals surface area contributed by atoms with Crippen molar-refractivity contribution in [1.29, 1.82) is 0 Å². The molecular weight excluding hydrogens is 406 g/mol. The van der Waals surface area contributed by atoms with Crippen LogP contribution in [0.4, 0.5) is 5.69 Å². The van der Waals surface area contributed by atoms with Crippen LogP contribution in [0.15, 0.2) is 53.4 Å². The Morgan fingerprint density at radius 1 is 1.00 bits per heavy atom. The van der Waals surface area contributed by atoms with Crippen LogP contribution in [0.3, 0.4) is 0 Å². The lowest BCUT2D eigenvalue weighted by atomic mass is 10.1. The summed E-state index contributed by atoms with van der Waals surface area (Å²) in [4.78, 5) is 37.6. The van der Waals surface area contributed by atoms with Crippen LogP contribution in [0.1, 0.15) is 46.4 Å². The lowest BCUT2D eigenvalue weighted by molar-refractivity contribution is -0.116. The Morgan fingerprint density at radius 3 is 2.40 bits per heavy atom. The van der Waals surface area contributed by atoms with E-state index in [2.05, 4.69) is 10.6 Å². The molecule has 30 heavy (non-hydrogen) atoms. The summed E-state index contributed by atoms with van der Waals surface area (Å²) in [5.74, 6) is -1.75. The zero-order valence-corrected chi connectivity index (χ0v) is 16.9. The number of nitrogens with zero attached hydrogens (tertiary/aromatic N) is 1. The number of rotatable bonds is 5. The monoisotopic (exact) mass is 427 g/mol. The van der Waals surface area contributed by atoms with E-state index in [1.807, 2.05) is 0 Å². The van der Waals surface area contributed by atoms with Gasteiger partial charge < -0.3 is 10.6 Å². The maximum Gasteiger partial charge on any atom is 0.269 e. The average Bonchev–Trinajstić information content (AvgIpc) is 3.30. The van der Waals surface area contributed by atoms with Gasteiger partial charge in [0.1, 0.15) is 11.4 Å². The molecule has 2 aliphatic rings. The van der Waals surface area contributed by atoms with E-state index in [0.717, 1.165) is 25.7 Å². The number of sulfonamides is 1. The summed E-state index contributed by atoms with van der Waals surface area (Å²) in [5, 5.41) is 5.53. The highest BCUT2D eigenvalue weighted by Crippen LogP contribution is 2.29. The molecule has 8 nitrogen and oxygen atoms in total. The zero-order chi connectivity index (χ0) is 21.3. The minimum absolute atomic E-state index is 0.0432. The second kappa shape index (κ2) is 7.91. The van der Waals surface area contributed by atoms with Crippen LogP contribution in [0.5, 0.6) is 0 Å². The van der Waals surface area contributed by atoms with Gasteiger partial charge in [-0.15, -0.1) is 0 Å². The molecule has 2 aromatic rings. The van der Waals surface area contributed by atoms with E-state index >= 15 is 0 Å². The third-order valence-corrected chi connectivity index (χ3v) is 7.12. The van der Waals surface area contributed by atoms with Crippen molar-refractivity contribution < 1.29 is 22.8 Å². The Morgan fingerprint density at radius 2 is 1.67 bits per heavy atom. The average molecular weight is 427 g/mol. The van der Waals surface area contributed by atoms with Gasteiger partial charge in [0.05, 0.1) is 16.8 Å². The third-order valence-electron chi connectivity index (χ3n) is 5.34. The predicted octanol–water partition coefficient (Wildman–Crippen LogP) is 2.14. The lowest BCUT2D eigenvalue weighted by Gasteiger charge is -2.17. The third kappa shape index (κ3) is 3.68. The van der Waals surface area contributed by atoms with Crippen molar-refractivity contribution in [1.82, 2.24) is 9.62 Å². The standard InChI is InChI=1S/C21H21N3O5S/c25-19(13-24-21(27)16-10-4-6-12-18(16)30(24,28)29)23-17-11-5-3-9-15(17)20(26)22-14-7-1-2-8-14/h3-6,9-12,14H,1-2,7-8,13H2,(H,22,26)(H,23,25). The molecule has 3 amide bonds. The summed E-state index contributed by atoms with van der Waals surface area (Å²) >= 11 is 0. The van der Waals surface area contributed by atoms with E-state index in [-0.39, 0.29) is 33.7 Å². The lowest BCUT2D eigenvalue weighted by Crippen LogP contribution is -2.38. The quantitative estimate of drug-likeness (QED) is 0.759. The molecule has 1 heterocycles. The van der Waals surface area contributed by atoms with Gasteiger partial charge in [-0.25, -0.2) is 12.7 Å². The molecule has 2 aromatic carbocycles. The first-order chi connectivity index (χ1) is 14.4. The highest BCUT2D eigenvalue weighted by Gasteiger charge is 2.41. The van der Waals surface area contributed by atoms with Crippen molar-refractivity contribution in [2.45, 2.75) is 36.6 Å². The molecule has 1 aliphatic heterocycles. The molecule has 9 heteroatoms. The molecule has 1 saturated carbocycles. The predicted molar refractivity (Wildman–Crippen MR) is 109 cm³/mol. The van der Waals surface area contributed by atoms with Crippen molar-refractivity contribution >= 4 is 33.4 Å². The van der Waals surface area contributed by atoms with Crippen molar-refractivity contribution in [2.24, 2.45) is 0 Å². The molecule has 0 atom stereocenters. The van der Waals surface area contributed by atoms with Crippen molar-refractivity contribution in [3.8, 4) is 0 Å². The number of para-hydroxylation sites is 1. The van der Waals surface area contributed by atoms with Crippen LogP contribution >= 0.6 is 0 Å². The number of hydrogen-bond acceptors (Lipinski definition) is 5. The Hall–Kier alpha value is -3.20. The number of anilines is 1. The summed E-state index contributed by atoms with van der Waals surface area (Å²) in [5.41, 5.74) is 0.595. The van der Waals surface area contributed by atoms with Crippen molar-refractivity contribution in [3.05, 3.63) is 59.7 Å². The number of hydrogen-bond donors (Lipinski definition) is 2. The summed E-state index contributed by atoms with van der Waals surface area (Å²) < 4.78 is 25.8. The topological polar surface area (TPSA) is 113 Å². The van der Waals surface area contributed by atoms with Crippen LogP contribution in [-0.4, -0.2) is 43.0 Å².